The van der Waals surface area contributed by atoms with E-state index in [1.165, 1.54) is 30.2 Å². The summed E-state index contributed by atoms with van der Waals surface area (Å²) in [6, 6.07) is 11.1. The highest BCUT2D eigenvalue weighted by Crippen LogP contribution is 2.41. The van der Waals surface area contributed by atoms with Crippen molar-refractivity contribution in [3.8, 4) is 6.07 Å². The van der Waals surface area contributed by atoms with Crippen molar-refractivity contribution in [2.24, 2.45) is 0 Å². The molecule has 2 aliphatic heterocycles. The summed E-state index contributed by atoms with van der Waals surface area (Å²) < 4.78 is 24.8. The van der Waals surface area contributed by atoms with E-state index in [9.17, 15) is 19.2 Å². The average molecular weight is 439 g/mol. The molecule has 0 bridgehead atoms. The molecule has 7 nitrogen and oxygen atoms in total. The predicted molar refractivity (Wildman–Crippen MR) is 114 cm³/mol. The normalized spacial score (nSPS) is 20.5. The Morgan fingerprint density at radius 2 is 2.03 bits per heavy atom. The van der Waals surface area contributed by atoms with Crippen molar-refractivity contribution in [3.05, 3.63) is 58.9 Å². The lowest BCUT2D eigenvalue weighted by atomic mass is 9.95. The van der Waals surface area contributed by atoms with E-state index < -0.39 is 17.3 Å². The quantitative estimate of drug-likeness (QED) is 0.537. The van der Waals surface area contributed by atoms with Crippen molar-refractivity contribution in [3.63, 3.8) is 0 Å². The van der Waals surface area contributed by atoms with Crippen LogP contribution in [0.5, 0.6) is 0 Å². The minimum atomic E-state index is -1.11. The zero-order valence-corrected chi connectivity index (χ0v) is 17.7. The second kappa shape index (κ2) is 7.72. The number of anilines is 2. The fraction of sp³-hybridized carbons (Fsp3) is 0.273. The van der Waals surface area contributed by atoms with Gasteiger partial charge in [0.15, 0.2) is 10.7 Å². The molecule has 2 heterocycles. The van der Waals surface area contributed by atoms with Crippen LogP contribution in [0.25, 0.3) is 0 Å². The van der Waals surface area contributed by atoms with E-state index in [-0.39, 0.29) is 23.2 Å². The van der Waals surface area contributed by atoms with E-state index in [1.807, 2.05) is 0 Å². The molecule has 0 aliphatic carbocycles. The number of amides is 1. The second-order valence-electron chi connectivity index (χ2n) is 7.36. The van der Waals surface area contributed by atoms with Crippen LogP contribution in [0.2, 0.25) is 0 Å². The number of benzene rings is 2. The molecule has 2 aromatic rings. The fourth-order valence-electron chi connectivity index (χ4n) is 3.99. The first-order valence-electron chi connectivity index (χ1n) is 9.49. The number of thiocarbonyl (C=S) groups is 1. The van der Waals surface area contributed by atoms with Crippen LogP contribution >= 0.6 is 12.2 Å². The van der Waals surface area contributed by atoms with Gasteiger partial charge in [-0.25, -0.2) is 9.18 Å². The van der Waals surface area contributed by atoms with E-state index in [0.29, 0.717) is 35.5 Å². The van der Waals surface area contributed by atoms with Gasteiger partial charge in [0.1, 0.15) is 5.82 Å². The minimum Gasteiger partial charge on any atom is -0.465 e. The zero-order chi connectivity index (χ0) is 22.3. The monoisotopic (exact) mass is 439 g/mol. The van der Waals surface area contributed by atoms with Crippen molar-refractivity contribution in [1.82, 2.24) is 0 Å². The summed E-state index contributed by atoms with van der Waals surface area (Å²) in [6.45, 7) is 2.23. The SMILES string of the molecule is COC(=O)c1ccc(N2C(=S)N(c3ccc(C#N)c(C)c3)C(=O)C23CCOC3)cc1F. The molecule has 1 amide bonds. The lowest BCUT2D eigenvalue weighted by molar-refractivity contribution is -0.121. The van der Waals surface area contributed by atoms with Gasteiger partial charge in [-0.15, -0.1) is 0 Å². The van der Waals surface area contributed by atoms with Crippen molar-refractivity contribution in [2.45, 2.75) is 18.9 Å². The number of ether oxygens (including phenoxy) is 2. The molecule has 0 saturated carbocycles. The molecule has 9 heteroatoms. The molecule has 1 atom stereocenters. The van der Waals surface area contributed by atoms with E-state index >= 15 is 0 Å². The molecule has 31 heavy (non-hydrogen) atoms. The Balaban J connectivity index is 1.81. The van der Waals surface area contributed by atoms with E-state index in [2.05, 4.69) is 10.8 Å². The van der Waals surface area contributed by atoms with Gasteiger partial charge in [0, 0.05) is 18.7 Å². The van der Waals surface area contributed by atoms with Gasteiger partial charge >= 0.3 is 5.97 Å². The molecule has 0 aromatic heterocycles. The van der Waals surface area contributed by atoms with Gasteiger partial charge < -0.3 is 14.4 Å². The Morgan fingerprint density at radius 3 is 2.61 bits per heavy atom. The number of nitrogens with zero attached hydrogens (tertiary/aromatic N) is 3. The third kappa shape index (κ3) is 3.15. The molecule has 4 rings (SSSR count). The maximum absolute atomic E-state index is 14.7. The van der Waals surface area contributed by atoms with Crippen molar-refractivity contribution in [2.75, 3.05) is 30.1 Å². The van der Waals surface area contributed by atoms with Gasteiger partial charge in [-0.2, -0.15) is 5.26 Å². The third-order valence-corrected chi connectivity index (χ3v) is 5.98. The molecule has 0 radical (unpaired) electrons. The smallest absolute Gasteiger partial charge is 0.340 e. The predicted octanol–water partition coefficient (Wildman–Crippen LogP) is 3.09. The molecule has 0 N–H and O–H groups in total. The molecule has 2 aliphatic rings. The van der Waals surface area contributed by atoms with Gasteiger partial charge in [0.05, 0.1) is 36.6 Å². The number of nitriles is 1. The summed E-state index contributed by atoms with van der Waals surface area (Å²) in [5.74, 6) is -1.85. The molecular formula is C22H18FN3O4S. The minimum absolute atomic E-state index is 0.0953. The zero-order valence-electron chi connectivity index (χ0n) is 16.8. The van der Waals surface area contributed by atoms with Gasteiger partial charge in [-0.05, 0) is 61.1 Å². The van der Waals surface area contributed by atoms with Crippen molar-refractivity contribution >= 4 is 40.6 Å². The Hall–Kier alpha value is -3.35. The molecule has 158 valence electrons. The number of methoxy groups -OCH3 is 1. The summed E-state index contributed by atoms with van der Waals surface area (Å²) >= 11 is 5.66. The first-order valence-corrected chi connectivity index (χ1v) is 9.90. The highest BCUT2D eigenvalue weighted by molar-refractivity contribution is 7.81. The summed E-state index contributed by atoms with van der Waals surface area (Å²) in [4.78, 5) is 28.3. The van der Waals surface area contributed by atoms with Crippen LogP contribution in [0.1, 0.15) is 27.9 Å². The lowest BCUT2D eigenvalue weighted by Crippen LogP contribution is -2.50. The van der Waals surface area contributed by atoms with Gasteiger partial charge in [0.25, 0.3) is 5.91 Å². The largest absolute Gasteiger partial charge is 0.465 e. The third-order valence-electron chi connectivity index (χ3n) is 5.62. The number of aryl methyl sites for hydroxylation is 1. The van der Waals surface area contributed by atoms with Crippen LogP contribution in [0.4, 0.5) is 15.8 Å². The first-order chi connectivity index (χ1) is 14.8. The van der Waals surface area contributed by atoms with Crippen LogP contribution in [-0.4, -0.2) is 42.9 Å². The van der Waals surface area contributed by atoms with Crippen LogP contribution in [0.15, 0.2) is 36.4 Å². The summed E-state index contributed by atoms with van der Waals surface area (Å²) in [5.41, 5.74) is 0.738. The molecule has 1 unspecified atom stereocenters. The van der Waals surface area contributed by atoms with Gasteiger partial charge in [0.2, 0.25) is 0 Å². The fourth-order valence-corrected chi connectivity index (χ4v) is 4.46. The number of carbonyl (C=O) groups excluding carboxylic acids is 2. The number of carbonyl (C=O) groups is 2. The van der Waals surface area contributed by atoms with Gasteiger partial charge in [-0.1, -0.05) is 0 Å². The number of halogens is 1. The van der Waals surface area contributed by atoms with Crippen LogP contribution in [-0.2, 0) is 14.3 Å². The standard InChI is InChI=1S/C22H18FN3O4S/c1-13-9-15(4-3-14(13)11-24)25-20(28)22(7-8-30-12-22)26(21(25)31)16-5-6-17(18(23)10-16)19(27)29-2/h3-6,9-10H,7-8,12H2,1-2H3. The molecule has 2 saturated heterocycles. The Morgan fingerprint density at radius 1 is 1.29 bits per heavy atom. The van der Waals surface area contributed by atoms with Gasteiger partial charge in [-0.3, -0.25) is 9.69 Å². The summed E-state index contributed by atoms with van der Waals surface area (Å²) in [5, 5.41) is 9.36. The highest BCUT2D eigenvalue weighted by atomic mass is 32.1. The second-order valence-corrected chi connectivity index (χ2v) is 7.72. The Labute approximate surface area is 183 Å². The average Bonchev–Trinajstić information content (AvgIpc) is 3.31. The van der Waals surface area contributed by atoms with Crippen LogP contribution in [0.3, 0.4) is 0 Å². The topological polar surface area (TPSA) is 82.9 Å². The van der Waals surface area contributed by atoms with Crippen LogP contribution < -0.4 is 9.80 Å². The Kier molecular flexibility index (Phi) is 5.21. The maximum atomic E-state index is 14.7. The number of rotatable bonds is 3. The Bertz CT molecular complexity index is 1150. The van der Waals surface area contributed by atoms with E-state index in [0.717, 1.165) is 0 Å². The first kappa shape index (κ1) is 20.9. The molecule has 2 aromatic carbocycles. The number of esters is 1. The maximum Gasteiger partial charge on any atom is 0.340 e. The van der Waals surface area contributed by atoms with E-state index in [1.54, 1.807) is 30.0 Å². The van der Waals surface area contributed by atoms with E-state index in [4.69, 9.17) is 17.0 Å². The molecule has 2 fully saturated rings. The lowest BCUT2D eigenvalue weighted by Gasteiger charge is -2.31. The number of hydrogen-bond donors (Lipinski definition) is 0. The number of hydrogen-bond acceptors (Lipinski definition) is 6. The van der Waals surface area contributed by atoms with Crippen molar-refractivity contribution < 1.29 is 23.5 Å². The summed E-state index contributed by atoms with van der Waals surface area (Å²) in [7, 11) is 1.17. The van der Waals surface area contributed by atoms with Crippen LogP contribution in [0, 0.1) is 24.1 Å². The molecular weight excluding hydrogens is 421 g/mol. The summed E-state index contributed by atoms with van der Waals surface area (Å²) in [6.07, 6.45) is 0.373. The highest BCUT2D eigenvalue weighted by Gasteiger charge is 2.58. The molecule has 1 spiro atoms. The van der Waals surface area contributed by atoms with Crippen molar-refractivity contribution in [1.29, 1.82) is 5.26 Å².